The van der Waals surface area contributed by atoms with E-state index in [0.29, 0.717) is 35.3 Å². The molecule has 1 amide bonds. The second-order valence-corrected chi connectivity index (χ2v) is 8.23. The minimum Gasteiger partial charge on any atom is -0.338 e. The molecule has 140 valence electrons. The zero-order valence-corrected chi connectivity index (χ0v) is 16.0. The molecule has 6 heteroatoms. The van der Waals surface area contributed by atoms with Gasteiger partial charge in [-0.2, -0.15) is 4.98 Å². The molecule has 2 unspecified atom stereocenters. The fourth-order valence-electron chi connectivity index (χ4n) is 3.29. The predicted octanol–water partition coefficient (Wildman–Crippen LogP) is 3.23. The van der Waals surface area contributed by atoms with Gasteiger partial charge >= 0.3 is 0 Å². The molecule has 1 saturated heterocycles. The van der Waals surface area contributed by atoms with E-state index in [1.165, 1.54) is 0 Å². The highest BCUT2D eigenvalue weighted by atomic mass is 16.5. The highest BCUT2D eigenvalue weighted by molar-refractivity contribution is 6.00. The normalized spacial score (nSPS) is 19.4. The molecule has 1 aliphatic heterocycles. The topological polar surface area (TPSA) is 85.2 Å². The van der Waals surface area contributed by atoms with Gasteiger partial charge in [-0.3, -0.25) is 4.79 Å². The summed E-state index contributed by atoms with van der Waals surface area (Å²) < 4.78 is 5.46. The molecule has 0 radical (unpaired) electrons. The Morgan fingerprint density at radius 3 is 2.73 bits per heavy atom. The third kappa shape index (κ3) is 3.80. The van der Waals surface area contributed by atoms with Crippen molar-refractivity contribution in [1.29, 1.82) is 0 Å². The van der Waals surface area contributed by atoms with E-state index in [2.05, 4.69) is 10.1 Å². The minimum atomic E-state index is -0.210. The summed E-state index contributed by atoms with van der Waals surface area (Å²) in [6, 6.07) is 7.53. The van der Waals surface area contributed by atoms with Crippen LogP contribution in [0.4, 0.5) is 0 Å². The molecular formula is C20H28N4O2. The van der Waals surface area contributed by atoms with Crippen molar-refractivity contribution in [2.45, 2.75) is 52.0 Å². The molecule has 1 aromatic heterocycles. The van der Waals surface area contributed by atoms with Gasteiger partial charge in [0.05, 0.1) is 11.1 Å². The van der Waals surface area contributed by atoms with E-state index in [0.717, 1.165) is 19.4 Å². The Morgan fingerprint density at radius 2 is 2.08 bits per heavy atom. The third-order valence-corrected chi connectivity index (χ3v) is 4.97. The first-order chi connectivity index (χ1) is 12.3. The monoisotopic (exact) mass is 356 g/mol. The Labute approximate surface area is 154 Å². The molecule has 0 saturated carbocycles. The molecule has 2 heterocycles. The molecule has 2 atom stereocenters. The van der Waals surface area contributed by atoms with Crippen molar-refractivity contribution < 1.29 is 9.32 Å². The van der Waals surface area contributed by atoms with Gasteiger partial charge in [0.2, 0.25) is 0 Å². The van der Waals surface area contributed by atoms with Gasteiger partial charge in [-0.05, 0) is 37.8 Å². The predicted molar refractivity (Wildman–Crippen MR) is 101 cm³/mol. The van der Waals surface area contributed by atoms with Gasteiger partial charge in [-0.1, -0.05) is 38.1 Å². The van der Waals surface area contributed by atoms with Crippen molar-refractivity contribution in [2.75, 3.05) is 13.1 Å². The first-order valence-corrected chi connectivity index (χ1v) is 9.26. The number of rotatable bonds is 3. The quantitative estimate of drug-likeness (QED) is 0.912. The van der Waals surface area contributed by atoms with E-state index in [4.69, 9.17) is 10.3 Å². The van der Waals surface area contributed by atoms with Crippen molar-refractivity contribution in [2.24, 2.45) is 11.7 Å². The van der Waals surface area contributed by atoms with Crippen LogP contribution >= 0.6 is 0 Å². The maximum absolute atomic E-state index is 13.2. The number of carbonyl (C=O) groups excluding carboxylic acids is 1. The molecule has 26 heavy (non-hydrogen) atoms. The fraction of sp³-hybridized carbons (Fsp3) is 0.550. The molecule has 2 aromatic rings. The average molecular weight is 356 g/mol. The number of nitrogens with zero attached hydrogens (tertiary/aromatic N) is 3. The standard InChI is InChI=1S/C20H28N4O2/c1-13(21)14-8-7-11-24(12-14)18(25)16-10-6-5-9-15(16)17-22-19(23-26-17)20(2,3)4/h5-6,9-10,13-14H,7-8,11-12,21H2,1-4H3. The maximum Gasteiger partial charge on any atom is 0.258 e. The molecule has 0 spiro atoms. The van der Waals surface area contributed by atoms with Crippen LogP contribution in [-0.2, 0) is 5.41 Å². The second kappa shape index (κ2) is 7.19. The minimum absolute atomic E-state index is 0.00135. The average Bonchev–Trinajstić information content (AvgIpc) is 3.11. The lowest BCUT2D eigenvalue weighted by Crippen LogP contribution is -2.45. The Hall–Kier alpha value is -2.21. The lowest BCUT2D eigenvalue weighted by atomic mass is 9.91. The molecule has 3 rings (SSSR count). The van der Waals surface area contributed by atoms with Gasteiger partial charge in [0.25, 0.3) is 11.8 Å². The summed E-state index contributed by atoms with van der Waals surface area (Å²) in [6.45, 7) is 9.55. The SMILES string of the molecule is CC(N)C1CCCN(C(=O)c2ccccc2-c2nc(C(C)(C)C)no2)C1. The Balaban J connectivity index is 1.90. The molecule has 1 aliphatic rings. The number of piperidine rings is 1. The summed E-state index contributed by atoms with van der Waals surface area (Å²) in [5.41, 5.74) is 7.13. The molecule has 1 fully saturated rings. The van der Waals surface area contributed by atoms with E-state index in [1.807, 2.05) is 56.9 Å². The number of likely N-dealkylation sites (tertiary alicyclic amines) is 1. The van der Waals surface area contributed by atoms with E-state index in [-0.39, 0.29) is 17.4 Å². The summed E-state index contributed by atoms with van der Waals surface area (Å²) in [5.74, 6) is 1.36. The molecule has 0 bridgehead atoms. The molecular weight excluding hydrogens is 328 g/mol. The first-order valence-electron chi connectivity index (χ1n) is 9.26. The summed E-state index contributed by atoms with van der Waals surface area (Å²) in [5, 5.41) is 4.08. The van der Waals surface area contributed by atoms with Gasteiger partial charge in [0.15, 0.2) is 5.82 Å². The van der Waals surface area contributed by atoms with Gasteiger partial charge in [-0.25, -0.2) is 0 Å². The Morgan fingerprint density at radius 1 is 1.35 bits per heavy atom. The van der Waals surface area contributed by atoms with Crippen molar-refractivity contribution in [3.05, 3.63) is 35.7 Å². The number of aromatic nitrogens is 2. The van der Waals surface area contributed by atoms with Crippen LogP contribution in [-0.4, -0.2) is 40.1 Å². The summed E-state index contributed by atoms with van der Waals surface area (Å²) in [6.07, 6.45) is 2.05. The molecule has 6 nitrogen and oxygen atoms in total. The third-order valence-electron chi connectivity index (χ3n) is 4.97. The summed E-state index contributed by atoms with van der Waals surface area (Å²) in [4.78, 5) is 19.6. The number of benzene rings is 1. The Bertz CT molecular complexity index is 776. The van der Waals surface area contributed by atoms with Crippen LogP contribution in [0.25, 0.3) is 11.5 Å². The number of carbonyl (C=O) groups is 1. The van der Waals surface area contributed by atoms with Crippen LogP contribution in [0.15, 0.2) is 28.8 Å². The molecule has 0 aliphatic carbocycles. The van der Waals surface area contributed by atoms with Gasteiger partial charge in [0.1, 0.15) is 0 Å². The lowest BCUT2D eigenvalue weighted by Gasteiger charge is -2.34. The van der Waals surface area contributed by atoms with Gasteiger partial charge in [-0.15, -0.1) is 0 Å². The Kier molecular flexibility index (Phi) is 5.14. The first kappa shape index (κ1) is 18.6. The second-order valence-electron chi connectivity index (χ2n) is 8.23. The molecule has 1 aromatic carbocycles. The van der Waals surface area contributed by atoms with Crippen LogP contribution < -0.4 is 5.73 Å². The molecule has 2 N–H and O–H groups in total. The van der Waals surface area contributed by atoms with Crippen LogP contribution in [0.5, 0.6) is 0 Å². The number of hydrogen-bond acceptors (Lipinski definition) is 5. The van der Waals surface area contributed by atoms with Crippen molar-refractivity contribution in [3.8, 4) is 11.5 Å². The maximum atomic E-state index is 13.2. The van der Waals surface area contributed by atoms with Crippen LogP contribution in [0.2, 0.25) is 0 Å². The van der Waals surface area contributed by atoms with Gasteiger partial charge in [0, 0.05) is 24.5 Å². The van der Waals surface area contributed by atoms with Crippen molar-refractivity contribution >= 4 is 5.91 Å². The fourth-order valence-corrected chi connectivity index (χ4v) is 3.29. The highest BCUT2D eigenvalue weighted by Gasteiger charge is 2.29. The zero-order chi connectivity index (χ0) is 18.9. The van der Waals surface area contributed by atoms with E-state index >= 15 is 0 Å². The zero-order valence-electron chi connectivity index (χ0n) is 16.0. The van der Waals surface area contributed by atoms with E-state index in [1.54, 1.807) is 0 Å². The largest absolute Gasteiger partial charge is 0.338 e. The number of nitrogens with two attached hydrogens (primary N) is 1. The summed E-state index contributed by atoms with van der Waals surface area (Å²) in [7, 11) is 0. The number of amides is 1. The van der Waals surface area contributed by atoms with Crippen molar-refractivity contribution in [3.63, 3.8) is 0 Å². The van der Waals surface area contributed by atoms with Gasteiger partial charge < -0.3 is 15.2 Å². The van der Waals surface area contributed by atoms with Crippen molar-refractivity contribution in [1.82, 2.24) is 15.0 Å². The smallest absolute Gasteiger partial charge is 0.258 e. The van der Waals surface area contributed by atoms with Crippen LogP contribution in [0.1, 0.15) is 56.7 Å². The van der Waals surface area contributed by atoms with Crippen LogP contribution in [0, 0.1) is 5.92 Å². The lowest BCUT2D eigenvalue weighted by molar-refractivity contribution is 0.0661. The summed E-state index contributed by atoms with van der Waals surface area (Å²) >= 11 is 0. The highest BCUT2D eigenvalue weighted by Crippen LogP contribution is 2.28. The van der Waals surface area contributed by atoms with E-state index < -0.39 is 0 Å². The number of hydrogen-bond donors (Lipinski definition) is 1. The van der Waals surface area contributed by atoms with E-state index in [9.17, 15) is 4.79 Å². The van der Waals surface area contributed by atoms with Crippen LogP contribution in [0.3, 0.4) is 0 Å².